The SMILES string of the molecule is C[C@@H]1C[C@@H]1C(=O)n1c(=O)oc2ccccc21. The number of carbonyl (C=O) groups excluding carboxylic acids is 1. The molecule has 1 aromatic carbocycles. The Labute approximate surface area is 91.5 Å². The molecule has 1 saturated carbocycles. The van der Waals surface area contributed by atoms with Crippen LogP contribution in [0.25, 0.3) is 11.1 Å². The number of oxazole rings is 1. The zero-order valence-electron chi connectivity index (χ0n) is 8.84. The summed E-state index contributed by atoms with van der Waals surface area (Å²) in [5.41, 5.74) is 1.03. The van der Waals surface area contributed by atoms with Crippen molar-refractivity contribution in [3.63, 3.8) is 0 Å². The zero-order valence-corrected chi connectivity index (χ0v) is 8.84. The van der Waals surface area contributed by atoms with E-state index in [1.807, 2.05) is 6.92 Å². The largest absolute Gasteiger partial charge is 0.426 e. The fourth-order valence-corrected chi connectivity index (χ4v) is 2.01. The molecule has 0 unspecified atom stereocenters. The molecular weight excluding hydrogens is 206 g/mol. The molecule has 0 radical (unpaired) electrons. The number of fused-ring (bicyclic) bond motifs is 1. The first-order valence-electron chi connectivity index (χ1n) is 5.33. The maximum absolute atomic E-state index is 12.0. The standard InChI is InChI=1S/C12H11NO3/c1-7-6-8(7)11(14)13-9-4-2-3-5-10(9)16-12(13)15/h2-5,7-8H,6H2,1H3/t7-,8+/m1/s1. The van der Waals surface area contributed by atoms with Crippen molar-refractivity contribution in [1.82, 2.24) is 4.57 Å². The molecule has 1 heterocycles. The van der Waals surface area contributed by atoms with Crippen molar-refractivity contribution < 1.29 is 9.21 Å². The Balaban J connectivity index is 2.19. The Bertz CT molecular complexity index is 622. The van der Waals surface area contributed by atoms with Gasteiger partial charge in [0.1, 0.15) is 0 Å². The number of carbonyl (C=O) groups is 1. The summed E-state index contributed by atoms with van der Waals surface area (Å²) in [6.45, 7) is 2.01. The maximum Gasteiger partial charge on any atom is 0.426 e. The van der Waals surface area contributed by atoms with E-state index in [0.29, 0.717) is 17.0 Å². The minimum atomic E-state index is -0.578. The van der Waals surface area contributed by atoms with Crippen molar-refractivity contribution in [3.8, 4) is 0 Å². The summed E-state index contributed by atoms with van der Waals surface area (Å²) in [6, 6.07) is 6.99. The molecule has 1 fully saturated rings. The Morgan fingerprint density at radius 3 is 2.81 bits per heavy atom. The molecule has 1 aliphatic rings. The monoisotopic (exact) mass is 217 g/mol. The molecule has 2 aromatic rings. The Morgan fingerprint density at radius 2 is 2.12 bits per heavy atom. The van der Waals surface area contributed by atoms with Gasteiger partial charge >= 0.3 is 5.76 Å². The third-order valence-electron chi connectivity index (χ3n) is 3.13. The summed E-state index contributed by atoms with van der Waals surface area (Å²) in [5, 5.41) is 0. The molecule has 1 aromatic heterocycles. The highest BCUT2D eigenvalue weighted by molar-refractivity contribution is 5.91. The van der Waals surface area contributed by atoms with Gasteiger partial charge in [0.15, 0.2) is 5.58 Å². The fraction of sp³-hybridized carbons (Fsp3) is 0.333. The van der Waals surface area contributed by atoms with Crippen molar-refractivity contribution >= 4 is 17.0 Å². The van der Waals surface area contributed by atoms with Gasteiger partial charge < -0.3 is 4.42 Å². The molecule has 0 spiro atoms. The molecule has 4 nitrogen and oxygen atoms in total. The maximum atomic E-state index is 12.0. The number of para-hydroxylation sites is 2. The van der Waals surface area contributed by atoms with Crippen LogP contribution in [0, 0.1) is 11.8 Å². The lowest BCUT2D eigenvalue weighted by molar-refractivity contribution is 0.0876. The molecule has 0 aliphatic heterocycles. The first kappa shape index (κ1) is 9.39. The average Bonchev–Trinajstić information content (AvgIpc) is 2.89. The summed E-state index contributed by atoms with van der Waals surface area (Å²) in [6.07, 6.45) is 0.866. The highest BCUT2D eigenvalue weighted by Gasteiger charge is 2.41. The molecule has 2 atom stereocenters. The number of nitrogens with zero attached hydrogens (tertiary/aromatic N) is 1. The summed E-state index contributed by atoms with van der Waals surface area (Å²) in [7, 11) is 0. The molecule has 0 bridgehead atoms. The van der Waals surface area contributed by atoms with E-state index in [1.165, 1.54) is 0 Å². The Hall–Kier alpha value is -1.84. The third-order valence-corrected chi connectivity index (χ3v) is 3.13. The van der Waals surface area contributed by atoms with Crippen LogP contribution in [0.15, 0.2) is 33.5 Å². The quantitative estimate of drug-likeness (QED) is 0.733. The van der Waals surface area contributed by atoms with Crippen LogP contribution < -0.4 is 5.76 Å². The van der Waals surface area contributed by atoms with E-state index in [0.717, 1.165) is 11.0 Å². The van der Waals surface area contributed by atoms with Crippen LogP contribution in [0.5, 0.6) is 0 Å². The van der Waals surface area contributed by atoms with Gasteiger partial charge in [0, 0.05) is 5.92 Å². The molecule has 0 amide bonds. The molecule has 82 valence electrons. The summed E-state index contributed by atoms with van der Waals surface area (Å²) >= 11 is 0. The zero-order chi connectivity index (χ0) is 11.3. The normalized spacial score (nSPS) is 23.6. The second kappa shape index (κ2) is 3.07. The number of hydrogen-bond acceptors (Lipinski definition) is 3. The first-order valence-corrected chi connectivity index (χ1v) is 5.33. The van der Waals surface area contributed by atoms with E-state index in [9.17, 15) is 9.59 Å². The predicted octanol–water partition coefficient (Wildman–Crippen LogP) is 1.89. The Morgan fingerprint density at radius 1 is 1.44 bits per heavy atom. The van der Waals surface area contributed by atoms with Crippen LogP contribution in [-0.2, 0) is 0 Å². The van der Waals surface area contributed by atoms with Gasteiger partial charge in [0.2, 0.25) is 5.91 Å². The molecular formula is C12H11NO3. The van der Waals surface area contributed by atoms with Gasteiger partial charge in [-0.15, -0.1) is 0 Å². The van der Waals surface area contributed by atoms with Crippen LogP contribution >= 0.6 is 0 Å². The molecule has 0 N–H and O–H groups in total. The van der Waals surface area contributed by atoms with Crippen LogP contribution in [-0.4, -0.2) is 10.5 Å². The van der Waals surface area contributed by atoms with Crippen molar-refractivity contribution in [1.29, 1.82) is 0 Å². The second-order valence-corrected chi connectivity index (χ2v) is 4.33. The van der Waals surface area contributed by atoms with Gasteiger partial charge in [-0.05, 0) is 24.5 Å². The summed E-state index contributed by atoms with van der Waals surface area (Å²) < 4.78 is 6.18. The third kappa shape index (κ3) is 1.23. The van der Waals surface area contributed by atoms with Gasteiger partial charge in [0.25, 0.3) is 0 Å². The lowest BCUT2D eigenvalue weighted by atomic mass is 10.3. The van der Waals surface area contributed by atoms with E-state index in [2.05, 4.69) is 0 Å². The van der Waals surface area contributed by atoms with Gasteiger partial charge in [-0.2, -0.15) is 0 Å². The van der Waals surface area contributed by atoms with E-state index in [-0.39, 0.29) is 11.8 Å². The van der Waals surface area contributed by atoms with Gasteiger partial charge in [0.05, 0.1) is 5.52 Å². The topological polar surface area (TPSA) is 52.2 Å². The van der Waals surface area contributed by atoms with Crippen LogP contribution in [0.4, 0.5) is 0 Å². The van der Waals surface area contributed by atoms with E-state index in [1.54, 1.807) is 24.3 Å². The molecule has 4 heteroatoms. The van der Waals surface area contributed by atoms with E-state index in [4.69, 9.17) is 4.42 Å². The van der Waals surface area contributed by atoms with Crippen LogP contribution in [0.1, 0.15) is 18.1 Å². The highest BCUT2D eigenvalue weighted by Crippen LogP contribution is 2.39. The summed E-state index contributed by atoms with van der Waals surface area (Å²) in [4.78, 5) is 23.6. The molecule has 0 saturated heterocycles. The molecule has 1 aliphatic carbocycles. The summed E-state index contributed by atoms with van der Waals surface area (Å²) in [5.74, 6) is -0.348. The lowest BCUT2D eigenvalue weighted by Gasteiger charge is -1.98. The van der Waals surface area contributed by atoms with Gasteiger partial charge in [-0.25, -0.2) is 9.36 Å². The van der Waals surface area contributed by atoms with E-state index >= 15 is 0 Å². The molecule has 3 rings (SSSR count). The predicted molar refractivity (Wildman–Crippen MR) is 58.4 cm³/mol. The number of benzene rings is 1. The van der Waals surface area contributed by atoms with Gasteiger partial charge in [-0.1, -0.05) is 19.1 Å². The molecule has 16 heavy (non-hydrogen) atoms. The van der Waals surface area contributed by atoms with Crippen molar-refractivity contribution in [3.05, 3.63) is 34.8 Å². The Kier molecular flexibility index (Phi) is 1.80. The first-order chi connectivity index (χ1) is 7.68. The lowest BCUT2D eigenvalue weighted by Crippen LogP contribution is -2.24. The smallest absolute Gasteiger partial charge is 0.407 e. The number of rotatable bonds is 1. The van der Waals surface area contributed by atoms with E-state index < -0.39 is 5.76 Å². The number of hydrogen-bond donors (Lipinski definition) is 0. The highest BCUT2D eigenvalue weighted by atomic mass is 16.4. The minimum absolute atomic E-state index is 0.0151. The van der Waals surface area contributed by atoms with Crippen LogP contribution in [0.2, 0.25) is 0 Å². The second-order valence-electron chi connectivity index (χ2n) is 4.33. The number of aromatic nitrogens is 1. The van der Waals surface area contributed by atoms with Crippen LogP contribution in [0.3, 0.4) is 0 Å². The average molecular weight is 217 g/mol. The van der Waals surface area contributed by atoms with Crippen molar-refractivity contribution in [2.75, 3.05) is 0 Å². The fourth-order valence-electron chi connectivity index (χ4n) is 2.01. The van der Waals surface area contributed by atoms with Crippen molar-refractivity contribution in [2.45, 2.75) is 13.3 Å². The van der Waals surface area contributed by atoms with Gasteiger partial charge in [-0.3, -0.25) is 4.79 Å². The minimum Gasteiger partial charge on any atom is -0.407 e. The van der Waals surface area contributed by atoms with Crippen molar-refractivity contribution in [2.24, 2.45) is 11.8 Å².